The van der Waals surface area contributed by atoms with Gasteiger partial charge in [-0.25, -0.2) is 0 Å². The highest BCUT2D eigenvalue weighted by atomic mass is 79.9. The molecular weight excluding hydrogens is 340 g/mol. The fourth-order valence-corrected chi connectivity index (χ4v) is 2.80. The molecule has 0 amide bonds. The summed E-state index contributed by atoms with van der Waals surface area (Å²) in [6.07, 6.45) is 1.17. The van der Waals surface area contributed by atoms with Crippen LogP contribution in [0.3, 0.4) is 0 Å². The van der Waals surface area contributed by atoms with Crippen LogP contribution in [0.15, 0.2) is 46.9 Å². The zero-order chi connectivity index (χ0) is 14.5. The van der Waals surface area contributed by atoms with E-state index in [4.69, 9.17) is 16.3 Å². The van der Waals surface area contributed by atoms with E-state index in [1.807, 2.05) is 24.3 Å². The topological polar surface area (TPSA) is 26.3 Å². The smallest absolute Gasteiger partial charge is 0.164 e. The molecule has 0 bridgehead atoms. The third-order valence-electron chi connectivity index (χ3n) is 3.03. The minimum Gasteiger partial charge on any atom is -0.497 e. The minimum absolute atomic E-state index is 0.101. The van der Waals surface area contributed by atoms with Gasteiger partial charge in [0.1, 0.15) is 5.75 Å². The van der Waals surface area contributed by atoms with Gasteiger partial charge in [0.25, 0.3) is 0 Å². The van der Waals surface area contributed by atoms with E-state index >= 15 is 0 Å². The first-order valence-electron chi connectivity index (χ1n) is 6.21. The molecule has 2 aromatic carbocycles. The molecule has 0 aliphatic heterocycles. The molecule has 0 saturated heterocycles. The summed E-state index contributed by atoms with van der Waals surface area (Å²) >= 11 is 9.24. The molecule has 0 heterocycles. The summed E-state index contributed by atoms with van der Waals surface area (Å²) in [6.45, 7) is 0. The fourth-order valence-electron chi connectivity index (χ4n) is 1.90. The highest BCUT2D eigenvalue weighted by Crippen LogP contribution is 2.23. The van der Waals surface area contributed by atoms with E-state index in [0.29, 0.717) is 23.4 Å². The van der Waals surface area contributed by atoms with Gasteiger partial charge in [-0.15, -0.1) is 0 Å². The van der Waals surface area contributed by atoms with Crippen molar-refractivity contribution in [2.75, 3.05) is 7.11 Å². The summed E-state index contributed by atoms with van der Waals surface area (Å²) in [5.74, 6) is 0.921. The Morgan fingerprint density at radius 2 is 1.90 bits per heavy atom. The molecule has 4 heteroatoms. The maximum atomic E-state index is 12.2. The van der Waals surface area contributed by atoms with Gasteiger partial charge in [-0.05, 0) is 58.2 Å². The maximum absolute atomic E-state index is 12.2. The molecule has 0 fully saturated rings. The molecule has 2 aromatic rings. The number of ketones is 1. The first kappa shape index (κ1) is 15.1. The summed E-state index contributed by atoms with van der Waals surface area (Å²) < 4.78 is 5.85. The van der Waals surface area contributed by atoms with Crippen molar-refractivity contribution in [2.45, 2.75) is 12.8 Å². The molecule has 0 saturated carbocycles. The van der Waals surface area contributed by atoms with E-state index in [1.54, 1.807) is 25.3 Å². The fraction of sp³-hybridized carbons (Fsp3) is 0.188. The van der Waals surface area contributed by atoms with E-state index < -0.39 is 0 Å². The van der Waals surface area contributed by atoms with Crippen LogP contribution in [0.4, 0.5) is 0 Å². The summed E-state index contributed by atoms with van der Waals surface area (Å²) in [7, 11) is 1.64. The normalized spacial score (nSPS) is 10.3. The Hall–Kier alpha value is -1.32. The maximum Gasteiger partial charge on any atom is 0.164 e. The molecule has 0 aliphatic carbocycles. The first-order valence-corrected chi connectivity index (χ1v) is 7.38. The van der Waals surface area contributed by atoms with Gasteiger partial charge in [0.2, 0.25) is 0 Å². The van der Waals surface area contributed by atoms with Crippen molar-refractivity contribution in [1.82, 2.24) is 0 Å². The van der Waals surface area contributed by atoms with Crippen LogP contribution in [0.5, 0.6) is 5.75 Å². The van der Waals surface area contributed by atoms with Crippen LogP contribution in [0, 0.1) is 0 Å². The molecule has 0 radical (unpaired) electrons. The Kier molecular flexibility index (Phi) is 5.21. The lowest BCUT2D eigenvalue weighted by Gasteiger charge is -2.05. The molecule has 0 aromatic heterocycles. The van der Waals surface area contributed by atoms with E-state index in [1.165, 1.54) is 0 Å². The van der Waals surface area contributed by atoms with Gasteiger partial charge in [0.05, 0.1) is 7.11 Å². The lowest BCUT2D eigenvalue weighted by molar-refractivity contribution is 0.0982. The van der Waals surface area contributed by atoms with Crippen molar-refractivity contribution in [2.24, 2.45) is 0 Å². The molecule has 20 heavy (non-hydrogen) atoms. The van der Waals surface area contributed by atoms with Crippen LogP contribution < -0.4 is 4.74 Å². The summed E-state index contributed by atoms with van der Waals surface area (Å²) in [4.78, 5) is 12.2. The van der Waals surface area contributed by atoms with Gasteiger partial charge in [-0.2, -0.15) is 0 Å². The van der Waals surface area contributed by atoms with Gasteiger partial charge in [-0.3, -0.25) is 4.79 Å². The Morgan fingerprint density at radius 1 is 1.20 bits per heavy atom. The van der Waals surface area contributed by atoms with E-state index in [-0.39, 0.29) is 5.78 Å². The molecule has 0 spiro atoms. The van der Waals surface area contributed by atoms with Crippen molar-refractivity contribution >= 4 is 33.3 Å². The highest BCUT2D eigenvalue weighted by molar-refractivity contribution is 9.10. The SMILES string of the molecule is COc1ccc(CCC(=O)c2ccc(Cl)cc2Br)cc1. The number of carbonyl (C=O) groups excluding carboxylic acids is 1. The van der Waals surface area contributed by atoms with Gasteiger partial charge >= 0.3 is 0 Å². The standard InChI is InChI=1S/C16H14BrClO2/c1-20-13-6-2-11(3-7-13)4-9-16(19)14-8-5-12(18)10-15(14)17/h2-3,5-8,10H,4,9H2,1H3. The van der Waals surface area contributed by atoms with Crippen molar-refractivity contribution in [3.8, 4) is 5.75 Å². The number of carbonyl (C=O) groups is 1. The molecule has 0 unspecified atom stereocenters. The third kappa shape index (κ3) is 3.84. The highest BCUT2D eigenvalue weighted by Gasteiger charge is 2.10. The Balaban J connectivity index is 2.00. The second-order valence-corrected chi connectivity index (χ2v) is 5.69. The number of halogens is 2. The Morgan fingerprint density at radius 3 is 2.50 bits per heavy atom. The lowest BCUT2D eigenvalue weighted by Crippen LogP contribution is -2.02. The number of aryl methyl sites for hydroxylation is 1. The summed E-state index contributed by atoms with van der Waals surface area (Å²) in [5, 5.41) is 0.614. The number of rotatable bonds is 5. The number of hydrogen-bond acceptors (Lipinski definition) is 2. The minimum atomic E-state index is 0.101. The average Bonchev–Trinajstić information content (AvgIpc) is 2.45. The molecule has 0 atom stereocenters. The molecular formula is C16H14BrClO2. The van der Waals surface area contributed by atoms with Crippen LogP contribution in [-0.4, -0.2) is 12.9 Å². The van der Waals surface area contributed by atoms with Crippen LogP contribution in [-0.2, 0) is 6.42 Å². The molecule has 2 nitrogen and oxygen atoms in total. The van der Waals surface area contributed by atoms with Crippen molar-refractivity contribution in [3.05, 3.63) is 63.1 Å². The van der Waals surface area contributed by atoms with E-state index in [2.05, 4.69) is 15.9 Å². The second-order valence-electron chi connectivity index (χ2n) is 4.40. The number of ether oxygens (including phenoxy) is 1. The van der Waals surface area contributed by atoms with Crippen molar-refractivity contribution in [3.63, 3.8) is 0 Å². The quantitative estimate of drug-likeness (QED) is 0.713. The average molecular weight is 354 g/mol. The Labute approximate surface area is 131 Å². The van der Waals surface area contributed by atoms with Crippen LogP contribution in [0.25, 0.3) is 0 Å². The van der Waals surface area contributed by atoms with Gasteiger partial charge in [-0.1, -0.05) is 23.7 Å². The van der Waals surface area contributed by atoms with Gasteiger partial charge in [0, 0.05) is 21.5 Å². The zero-order valence-electron chi connectivity index (χ0n) is 11.0. The predicted molar refractivity (Wildman–Crippen MR) is 84.8 cm³/mol. The van der Waals surface area contributed by atoms with Gasteiger partial charge in [0.15, 0.2) is 5.78 Å². The first-order chi connectivity index (χ1) is 9.60. The monoisotopic (exact) mass is 352 g/mol. The third-order valence-corrected chi connectivity index (χ3v) is 3.92. The Bertz CT molecular complexity index is 608. The number of benzene rings is 2. The van der Waals surface area contributed by atoms with E-state index in [9.17, 15) is 4.79 Å². The zero-order valence-corrected chi connectivity index (χ0v) is 13.4. The van der Waals surface area contributed by atoms with Crippen LogP contribution in [0.2, 0.25) is 5.02 Å². The number of Topliss-reactive ketones (excluding diaryl/α,β-unsaturated/α-hetero) is 1. The van der Waals surface area contributed by atoms with Gasteiger partial charge < -0.3 is 4.74 Å². The lowest BCUT2D eigenvalue weighted by atomic mass is 10.0. The summed E-state index contributed by atoms with van der Waals surface area (Å²) in [5.41, 5.74) is 1.78. The largest absolute Gasteiger partial charge is 0.497 e. The number of hydrogen-bond donors (Lipinski definition) is 0. The summed E-state index contributed by atoms with van der Waals surface area (Å²) in [6, 6.07) is 13.0. The molecule has 104 valence electrons. The van der Waals surface area contributed by atoms with Crippen LogP contribution in [0.1, 0.15) is 22.3 Å². The van der Waals surface area contributed by atoms with Crippen molar-refractivity contribution < 1.29 is 9.53 Å². The van der Waals surface area contributed by atoms with Crippen molar-refractivity contribution in [1.29, 1.82) is 0 Å². The number of methoxy groups -OCH3 is 1. The van der Waals surface area contributed by atoms with E-state index in [0.717, 1.165) is 15.8 Å². The molecule has 2 rings (SSSR count). The molecule has 0 aliphatic rings. The molecule has 0 N–H and O–H groups in total. The predicted octanol–water partition coefficient (Wildman–Crippen LogP) is 4.93. The van der Waals surface area contributed by atoms with Crippen LogP contribution >= 0.6 is 27.5 Å². The second kappa shape index (κ2) is 6.91.